The highest BCUT2D eigenvalue weighted by Crippen LogP contribution is 2.25. The molecule has 0 unspecified atom stereocenters. The van der Waals surface area contributed by atoms with Crippen molar-refractivity contribution in [2.24, 2.45) is 0 Å². The summed E-state index contributed by atoms with van der Waals surface area (Å²) in [5.41, 5.74) is 0.00431. The Bertz CT molecular complexity index is 448. The molecule has 5 nitrogen and oxygen atoms in total. The van der Waals surface area contributed by atoms with Crippen LogP contribution in [-0.4, -0.2) is 22.8 Å². The van der Waals surface area contributed by atoms with E-state index in [4.69, 9.17) is 15.1 Å². The molecule has 16 heavy (non-hydrogen) atoms. The van der Waals surface area contributed by atoms with Crippen molar-refractivity contribution in [3.8, 4) is 11.8 Å². The molecule has 0 bridgehead atoms. The lowest BCUT2D eigenvalue weighted by molar-refractivity contribution is 0.0521. The number of ether oxygens (including phenoxy) is 1. The van der Waals surface area contributed by atoms with Gasteiger partial charge < -0.3 is 14.9 Å². The molecule has 1 aromatic carbocycles. The molecule has 84 valence electrons. The Labute approximate surface area is 92.5 Å². The number of carbonyl (C=O) groups is 1. The molecule has 0 radical (unpaired) electrons. The predicted molar refractivity (Wildman–Crippen MR) is 54.7 cm³/mol. The third kappa shape index (κ3) is 2.12. The second-order valence-electron chi connectivity index (χ2n) is 2.98. The molecule has 0 amide bonds. The first-order valence-electron chi connectivity index (χ1n) is 4.68. The van der Waals surface area contributed by atoms with E-state index in [0.717, 1.165) is 0 Å². The lowest BCUT2D eigenvalue weighted by Gasteiger charge is -2.09. The number of hydrogen-bond acceptors (Lipinski definition) is 5. The van der Waals surface area contributed by atoms with E-state index in [0.29, 0.717) is 0 Å². The average molecular weight is 221 g/mol. The number of rotatable bonds is 3. The monoisotopic (exact) mass is 221 g/mol. The molecule has 0 atom stereocenters. The predicted octanol–water partition coefficient (Wildman–Crippen LogP) is 0.933. The molecule has 0 fully saturated rings. The summed E-state index contributed by atoms with van der Waals surface area (Å²) >= 11 is 0. The van der Waals surface area contributed by atoms with Gasteiger partial charge in [-0.05, 0) is 19.1 Å². The van der Waals surface area contributed by atoms with Crippen LogP contribution in [0.15, 0.2) is 12.1 Å². The second-order valence-corrected chi connectivity index (χ2v) is 2.98. The van der Waals surface area contributed by atoms with Gasteiger partial charge in [0.1, 0.15) is 11.8 Å². The zero-order valence-electron chi connectivity index (χ0n) is 8.73. The van der Waals surface area contributed by atoms with E-state index in [9.17, 15) is 9.90 Å². The number of hydrogen-bond donors (Lipinski definition) is 2. The molecule has 2 N–H and O–H groups in total. The molecule has 0 aliphatic carbocycles. The minimum absolute atomic E-state index is 0.0116. The number of phenols is 1. The van der Waals surface area contributed by atoms with Crippen LogP contribution in [0.1, 0.15) is 28.4 Å². The van der Waals surface area contributed by atoms with Gasteiger partial charge >= 0.3 is 5.97 Å². The molecule has 1 rings (SSSR count). The van der Waals surface area contributed by atoms with Crippen LogP contribution in [0.25, 0.3) is 0 Å². The molecule has 5 heteroatoms. The fraction of sp³-hybridized carbons (Fsp3) is 0.273. The van der Waals surface area contributed by atoms with Crippen molar-refractivity contribution < 1.29 is 19.7 Å². The van der Waals surface area contributed by atoms with Gasteiger partial charge in [0.05, 0.1) is 24.3 Å². The van der Waals surface area contributed by atoms with Gasteiger partial charge in [0.15, 0.2) is 0 Å². The van der Waals surface area contributed by atoms with Crippen LogP contribution in [0.2, 0.25) is 0 Å². The van der Waals surface area contributed by atoms with E-state index < -0.39 is 12.6 Å². The molecule has 0 spiro atoms. The van der Waals surface area contributed by atoms with Crippen LogP contribution in [-0.2, 0) is 11.3 Å². The zero-order chi connectivity index (χ0) is 12.1. The van der Waals surface area contributed by atoms with Crippen molar-refractivity contribution in [3.05, 3.63) is 28.8 Å². The number of carbonyl (C=O) groups excluding carboxylic acids is 1. The van der Waals surface area contributed by atoms with Gasteiger partial charge in [0, 0.05) is 5.56 Å². The minimum Gasteiger partial charge on any atom is -0.508 e. The Balaban J connectivity index is 3.37. The molecule has 0 saturated carbocycles. The van der Waals surface area contributed by atoms with E-state index in [1.165, 1.54) is 12.1 Å². The zero-order valence-corrected chi connectivity index (χ0v) is 8.73. The summed E-state index contributed by atoms with van der Waals surface area (Å²) in [4.78, 5) is 11.6. The van der Waals surface area contributed by atoms with Crippen LogP contribution in [0.5, 0.6) is 5.75 Å². The maximum Gasteiger partial charge on any atom is 0.339 e. The topological polar surface area (TPSA) is 90.6 Å². The summed E-state index contributed by atoms with van der Waals surface area (Å²) in [5.74, 6) is -0.955. The normalized spacial score (nSPS) is 9.56. The summed E-state index contributed by atoms with van der Waals surface area (Å²) in [7, 11) is 0. The van der Waals surface area contributed by atoms with Gasteiger partial charge in [0.2, 0.25) is 0 Å². The fourth-order valence-corrected chi connectivity index (χ4v) is 1.33. The number of nitrogens with zero attached hydrogens (tertiary/aromatic N) is 1. The van der Waals surface area contributed by atoms with Gasteiger partial charge in [-0.3, -0.25) is 0 Å². The molecule has 0 aliphatic heterocycles. The Morgan fingerprint density at radius 3 is 2.75 bits per heavy atom. The van der Waals surface area contributed by atoms with E-state index in [-0.39, 0.29) is 29.0 Å². The number of aliphatic hydroxyl groups excluding tert-OH is 1. The summed E-state index contributed by atoms with van der Waals surface area (Å²) in [6.45, 7) is 1.26. The van der Waals surface area contributed by atoms with E-state index in [2.05, 4.69) is 0 Å². The van der Waals surface area contributed by atoms with E-state index in [1.54, 1.807) is 6.92 Å². The molecule has 0 saturated heterocycles. The van der Waals surface area contributed by atoms with Gasteiger partial charge in [-0.2, -0.15) is 5.26 Å². The van der Waals surface area contributed by atoms with Crippen molar-refractivity contribution in [3.63, 3.8) is 0 Å². The first kappa shape index (κ1) is 12.0. The Morgan fingerprint density at radius 2 is 2.25 bits per heavy atom. The van der Waals surface area contributed by atoms with Crippen LogP contribution in [0.3, 0.4) is 0 Å². The maximum atomic E-state index is 11.6. The Hall–Kier alpha value is -2.06. The first-order valence-corrected chi connectivity index (χ1v) is 4.68. The van der Waals surface area contributed by atoms with Gasteiger partial charge in [-0.1, -0.05) is 0 Å². The summed E-state index contributed by atoms with van der Waals surface area (Å²) < 4.78 is 4.76. The Kier molecular flexibility index (Phi) is 3.86. The van der Waals surface area contributed by atoms with Crippen molar-refractivity contribution in [2.45, 2.75) is 13.5 Å². The fourth-order valence-electron chi connectivity index (χ4n) is 1.33. The van der Waals surface area contributed by atoms with Crippen LogP contribution in [0.4, 0.5) is 0 Å². The number of aromatic hydroxyl groups is 1. The SMILES string of the molecule is CCOC(=O)c1c(C#N)ccc(O)c1CO. The van der Waals surface area contributed by atoms with Crippen molar-refractivity contribution in [2.75, 3.05) is 6.61 Å². The molecule has 1 aromatic rings. The smallest absolute Gasteiger partial charge is 0.339 e. The van der Waals surface area contributed by atoms with Gasteiger partial charge in [0.25, 0.3) is 0 Å². The van der Waals surface area contributed by atoms with Crippen LogP contribution < -0.4 is 0 Å². The molecule has 0 aromatic heterocycles. The second kappa shape index (κ2) is 5.14. The van der Waals surface area contributed by atoms with Crippen LogP contribution in [0, 0.1) is 11.3 Å². The largest absolute Gasteiger partial charge is 0.508 e. The van der Waals surface area contributed by atoms with Crippen molar-refractivity contribution >= 4 is 5.97 Å². The Morgan fingerprint density at radius 1 is 1.56 bits per heavy atom. The van der Waals surface area contributed by atoms with E-state index >= 15 is 0 Å². The maximum absolute atomic E-state index is 11.6. The third-order valence-electron chi connectivity index (χ3n) is 2.05. The summed E-state index contributed by atoms with van der Waals surface area (Å²) in [6, 6.07) is 4.38. The molecular weight excluding hydrogens is 210 g/mol. The van der Waals surface area contributed by atoms with Crippen molar-refractivity contribution in [1.82, 2.24) is 0 Å². The van der Waals surface area contributed by atoms with E-state index in [1.807, 2.05) is 6.07 Å². The first-order chi connectivity index (χ1) is 7.65. The number of esters is 1. The van der Waals surface area contributed by atoms with Crippen molar-refractivity contribution in [1.29, 1.82) is 5.26 Å². The highest BCUT2D eigenvalue weighted by molar-refractivity contribution is 5.94. The quantitative estimate of drug-likeness (QED) is 0.741. The number of aliphatic hydroxyl groups is 1. The highest BCUT2D eigenvalue weighted by Gasteiger charge is 2.20. The minimum atomic E-state index is -0.723. The lowest BCUT2D eigenvalue weighted by Crippen LogP contribution is -2.11. The third-order valence-corrected chi connectivity index (χ3v) is 2.05. The molecule has 0 aliphatic rings. The average Bonchev–Trinajstić information content (AvgIpc) is 2.28. The van der Waals surface area contributed by atoms with Crippen LogP contribution >= 0.6 is 0 Å². The number of nitriles is 1. The number of benzene rings is 1. The standard InChI is InChI=1S/C11H11NO4/c1-2-16-11(15)10-7(5-12)3-4-9(14)8(10)6-13/h3-4,13-14H,2,6H2,1H3. The van der Waals surface area contributed by atoms with Gasteiger partial charge in [-0.15, -0.1) is 0 Å². The summed E-state index contributed by atoms with van der Waals surface area (Å²) in [6.07, 6.45) is 0. The molecule has 0 heterocycles. The highest BCUT2D eigenvalue weighted by atomic mass is 16.5. The van der Waals surface area contributed by atoms with Gasteiger partial charge in [-0.25, -0.2) is 4.79 Å². The molecular formula is C11H11NO4. The lowest BCUT2D eigenvalue weighted by atomic mass is 10.0. The summed E-state index contributed by atoms with van der Waals surface area (Å²) in [5, 5.41) is 27.3.